The van der Waals surface area contributed by atoms with Crippen LogP contribution in [0.1, 0.15) is 32.7 Å². The molecule has 1 aliphatic heterocycles. The summed E-state index contributed by atoms with van der Waals surface area (Å²) in [5.74, 6) is -0.122. The van der Waals surface area contributed by atoms with E-state index in [1.165, 1.54) is 11.1 Å². The molecule has 0 bridgehead atoms. The fraction of sp³-hybridized carbons (Fsp3) is 0.333. The third kappa shape index (κ3) is 4.78. The Bertz CT molecular complexity index is 979. The maximum Gasteiger partial charge on any atom is 0.271 e. The molecule has 1 fully saturated rings. The number of benzene rings is 2. The number of carbonyl (C=O) groups excluding carboxylic acids is 1. The zero-order chi connectivity index (χ0) is 20.9. The summed E-state index contributed by atoms with van der Waals surface area (Å²) in [7, 11) is 0. The quantitative estimate of drug-likeness (QED) is 0.647. The van der Waals surface area contributed by atoms with Crippen molar-refractivity contribution < 1.29 is 9.53 Å². The van der Waals surface area contributed by atoms with E-state index in [2.05, 4.69) is 46.4 Å². The van der Waals surface area contributed by atoms with Gasteiger partial charge in [0.05, 0.1) is 29.1 Å². The number of amides is 1. The predicted molar refractivity (Wildman–Crippen MR) is 121 cm³/mol. The van der Waals surface area contributed by atoms with E-state index in [9.17, 15) is 4.79 Å². The van der Waals surface area contributed by atoms with E-state index in [1.54, 1.807) is 11.3 Å². The summed E-state index contributed by atoms with van der Waals surface area (Å²) in [6.07, 6.45) is 0. The van der Waals surface area contributed by atoms with E-state index in [-0.39, 0.29) is 11.9 Å². The Kier molecular flexibility index (Phi) is 6.57. The molecule has 2 heterocycles. The minimum absolute atomic E-state index is 0.110. The van der Waals surface area contributed by atoms with Gasteiger partial charge in [-0.15, -0.1) is 11.3 Å². The van der Waals surface area contributed by atoms with Crippen LogP contribution in [-0.2, 0) is 4.74 Å². The molecule has 30 heavy (non-hydrogen) atoms. The Balaban J connectivity index is 1.54. The number of rotatable bonds is 6. The molecule has 0 aliphatic carbocycles. The molecule has 1 amide bonds. The minimum atomic E-state index is -0.122. The minimum Gasteiger partial charge on any atom is -0.379 e. The number of ether oxygens (including phenoxy) is 1. The van der Waals surface area contributed by atoms with Crippen LogP contribution < -0.4 is 5.32 Å². The summed E-state index contributed by atoms with van der Waals surface area (Å²) in [5, 5.41) is 4.05. The average molecular weight is 422 g/mol. The average Bonchev–Trinajstić information content (AvgIpc) is 3.18. The molecule has 1 aliphatic rings. The number of nitrogens with one attached hydrogen (secondary N) is 1. The van der Waals surface area contributed by atoms with E-state index in [1.807, 2.05) is 37.3 Å². The van der Waals surface area contributed by atoms with E-state index >= 15 is 0 Å². The van der Waals surface area contributed by atoms with Crippen LogP contribution in [0.3, 0.4) is 0 Å². The van der Waals surface area contributed by atoms with Gasteiger partial charge in [-0.05, 0) is 25.0 Å². The lowest BCUT2D eigenvalue weighted by Gasteiger charge is -2.35. The lowest BCUT2D eigenvalue weighted by molar-refractivity contribution is 0.0162. The Hall–Kier alpha value is -2.54. The number of hydrogen-bond donors (Lipinski definition) is 1. The highest BCUT2D eigenvalue weighted by atomic mass is 32.1. The SMILES string of the molecule is Cc1ccc(C(CNC(=O)c2nc(C)sc2-c2ccccc2)N2CCOCC2)cc1. The van der Waals surface area contributed by atoms with Gasteiger partial charge >= 0.3 is 0 Å². The van der Waals surface area contributed by atoms with Crippen molar-refractivity contribution in [2.75, 3.05) is 32.8 Å². The fourth-order valence-corrected chi connectivity index (χ4v) is 4.70. The van der Waals surface area contributed by atoms with Crippen LogP contribution in [0.15, 0.2) is 54.6 Å². The molecule has 5 nitrogen and oxygen atoms in total. The smallest absolute Gasteiger partial charge is 0.271 e. The Morgan fingerprint density at radius 1 is 1.10 bits per heavy atom. The zero-order valence-corrected chi connectivity index (χ0v) is 18.2. The van der Waals surface area contributed by atoms with Crippen molar-refractivity contribution in [2.45, 2.75) is 19.9 Å². The largest absolute Gasteiger partial charge is 0.379 e. The summed E-state index contributed by atoms with van der Waals surface area (Å²) in [6.45, 7) is 7.73. The van der Waals surface area contributed by atoms with Crippen molar-refractivity contribution >= 4 is 17.2 Å². The number of aryl methyl sites for hydroxylation is 2. The normalized spacial score (nSPS) is 15.7. The first kappa shape index (κ1) is 20.7. The second-order valence-electron chi connectivity index (χ2n) is 7.56. The first-order chi connectivity index (χ1) is 14.6. The van der Waals surface area contributed by atoms with Crippen molar-refractivity contribution in [3.8, 4) is 10.4 Å². The highest BCUT2D eigenvalue weighted by molar-refractivity contribution is 7.15. The molecule has 1 saturated heterocycles. The van der Waals surface area contributed by atoms with Crippen LogP contribution in [0.25, 0.3) is 10.4 Å². The topological polar surface area (TPSA) is 54.5 Å². The van der Waals surface area contributed by atoms with Crippen LogP contribution in [0, 0.1) is 13.8 Å². The summed E-state index contributed by atoms with van der Waals surface area (Å²) < 4.78 is 5.53. The van der Waals surface area contributed by atoms with Gasteiger partial charge in [0.2, 0.25) is 0 Å². The molecule has 1 unspecified atom stereocenters. The maximum absolute atomic E-state index is 13.1. The second kappa shape index (κ2) is 9.51. The Morgan fingerprint density at radius 3 is 2.50 bits per heavy atom. The lowest BCUT2D eigenvalue weighted by Crippen LogP contribution is -2.43. The third-order valence-corrected chi connectivity index (χ3v) is 6.41. The van der Waals surface area contributed by atoms with Crippen molar-refractivity contribution in [2.24, 2.45) is 0 Å². The van der Waals surface area contributed by atoms with E-state index < -0.39 is 0 Å². The number of morpholine rings is 1. The monoisotopic (exact) mass is 421 g/mol. The highest BCUT2D eigenvalue weighted by Gasteiger charge is 2.25. The number of aromatic nitrogens is 1. The molecule has 1 aromatic heterocycles. The Labute approximate surface area is 181 Å². The molecule has 1 N–H and O–H groups in total. The van der Waals surface area contributed by atoms with Gasteiger partial charge in [0.1, 0.15) is 5.69 Å². The molecular formula is C24H27N3O2S. The van der Waals surface area contributed by atoms with Crippen molar-refractivity contribution in [1.29, 1.82) is 0 Å². The maximum atomic E-state index is 13.1. The van der Waals surface area contributed by atoms with Gasteiger partial charge in [-0.25, -0.2) is 4.98 Å². The molecule has 6 heteroatoms. The lowest BCUT2D eigenvalue weighted by atomic mass is 10.0. The van der Waals surface area contributed by atoms with Crippen LogP contribution >= 0.6 is 11.3 Å². The first-order valence-corrected chi connectivity index (χ1v) is 11.1. The van der Waals surface area contributed by atoms with Gasteiger partial charge in [0.25, 0.3) is 5.91 Å². The first-order valence-electron chi connectivity index (χ1n) is 10.3. The van der Waals surface area contributed by atoms with Crippen LogP contribution in [0.5, 0.6) is 0 Å². The van der Waals surface area contributed by atoms with Crippen LogP contribution in [0.4, 0.5) is 0 Å². The van der Waals surface area contributed by atoms with Crippen molar-refractivity contribution in [1.82, 2.24) is 15.2 Å². The number of nitrogens with zero attached hydrogens (tertiary/aromatic N) is 2. The molecule has 3 aromatic rings. The standard InChI is InChI=1S/C24H27N3O2S/c1-17-8-10-19(11-9-17)21(27-12-14-29-15-13-27)16-25-24(28)22-23(30-18(2)26-22)20-6-4-3-5-7-20/h3-11,21H,12-16H2,1-2H3,(H,25,28). The molecule has 156 valence electrons. The van der Waals surface area contributed by atoms with E-state index in [0.717, 1.165) is 41.8 Å². The summed E-state index contributed by atoms with van der Waals surface area (Å²) in [4.78, 5) is 21.0. The zero-order valence-electron chi connectivity index (χ0n) is 17.4. The summed E-state index contributed by atoms with van der Waals surface area (Å²) >= 11 is 1.56. The number of thiazole rings is 1. The molecule has 0 radical (unpaired) electrons. The molecule has 2 aromatic carbocycles. The van der Waals surface area contributed by atoms with Gasteiger partial charge in [-0.3, -0.25) is 9.69 Å². The van der Waals surface area contributed by atoms with Crippen LogP contribution in [-0.4, -0.2) is 48.6 Å². The Morgan fingerprint density at radius 2 is 1.80 bits per heavy atom. The van der Waals surface area contributed by atoms with Crippen molar-refractivity contribution in [3.05, 3.63) is 76.4 Å². The van der Waals surface area contributed by atoms with Crippen LogP contribution in [0.2, 0.25) is 0 Å². The number of hydrogen-bond acceptors (Lipinski definition) is 5. The molecule has 4 rings (SSSR count). The van der Waals surface area contributed by atoms with Crippen molar-refractivity contribution in [3.63, 3.8) is 0 Å². The summed E-state index contributed by atoms with van der Waals surface area (Å²) in [5.41, 5.74) is 3.97. The fourth-order valence-electron chi connectivity index (χ4n) is 3.77. The molecule has 0 saturated carbocycles. The highest BCUT2D eigenvalue weighted by Crippen LogP contribution is 2.30. The van der Waals surface area contributed by atoms with E-state index in [4.69, 9.17) is 4.74 Å². The van der Waals surface area contributed by atoms with Gasteiger partial charge in [-0.2, -0.15) is 0 Å². The molecule has 0 spiro atoms. The molecular weight excluding hydrogens is 394 g/mol. The van der Waals surface area contributed by atoms with E-state index in [0.29, 0.717) is 12.2 Å². The van der Waals surface area contributed by atoms with Gasteiger partial charge < -0.3 is 10.1 Å². The second-order valence-corrected chi connectivity index (χ2v) is 8.76. The van der Waals surface area contributed by atoms with Gasteiger partial charge in [-0.1, -0.05) is 60.2 Å². The third-order valence-electron chi connectivity index (χ3n) is 5.39. The van der Waals surface area contributed by atoms with Gasteiger partial charge in [0.15, 0.2) is 0 Å². The predicted octanol–water partition coefficient (Wildman–Crippen LogP) is 4.23. The van der Waals surface area contributed by atoms with Gasteiger partial charge in [0, 0.05) is 19.6 Å². The molecule has 1 atom stereocenters. The summed E-state index contributed by atoms with van der Waals surface area (Å²) in [6, 6.07) is 18.7. The number of carbonyl (C=O) groups is 1.